The molecule has 1 saturated carbocycles. The van der Waals surface area contributed by atoms with Crippen LogP contribution < -0.4 is 0 Å². The minimum absolute atomic E-state index is 0.261. The predicted molar refractivity (Wildman–Crippen MR) is 109 cm³/mol. The predicted octanol–water partition coefficient (Wildman–Crippen LogP) is 7.70. The molecule has 1 aliphatic carbocycles. The highest BCUT2D eigenvalue weighted by molar-refractivity contribution is 7.71. The molecule has 0 spiro atoms. The highest BCUT2D eigenvalue weighted by Crippen LogP contribution is 2.38. The van der Waals surface area contributed by atoms with Crippen molar-refractivity contribution in [1.82, 2.24) is 0 Å². The molecule has 0 bridgehead atoms. The van der Waals surface area contributed by atoms with Crippen molar-refractivity contribution in [1.29, 1.82) is 0 Å². The van der Waals surface area contributed by atoms with Crippen LogP contribution in [0.5, 0.6) is 0 Å². The normalized spacial score (nSPS) is 20.7. The Bertz CT molecular complexity index is 1010. The van der Waals surface area contributed by atoms with E-state index < -0.39 is 0 Å². The number of benzene rings is 2. The zero-order chi connectivity index (χ0) is 18.3. The lowest BCUT2D eigenvalue weighted by molar-refractivity contribution is 0.348. The number of hydrogen-bond donors (Lipinski definition) is 0. The lowest BCUT2D eigenvalue weighted by Gasteiger charge is -2.26. The Morgan fingerprint density at radius 2 is 1.77 bits per heavy atom. The molecule has 1 aliphatic rings. The van der Waals surface area contributed by atoms with E-state index in [9.17, 15) is 4.39 Å². The molecular formula is C23H25FOS. The van der Waals surface area contributed by atoms with Crippen LogP contribution in [0.2, 0.25) is 0 Å². The summed E-state index contributed by atoms with van der Waals surface area (Å²) in [5.41, 5.74) is 2.34. The molecule has 0 saturated heterocycles. The second-order valence-corrected chi connectivity index (χ2v) is 8.19. The summed E-state index contributed by atoms with van der Waals surface area (Å²) >= 11 is 5.50. The summed E-state index contributed by atoms with van der Waals surface area (Å²) in [6.07, 6.45) is 6.66. The van der Waals surface area contributed by atoms with Crippen molar-refractivity contribution in [2.45, 2.75) is 58.3 Å². The van der Waals surface area contributed by atoms with Gasteiger partial charge in [-0.2, -0.15) is 0 Å². The largest absolute Gasteiger partial charge is 0.441 e. The highest BCUT2D eigenvalue weighted by atomic mass is 32.1. The van der Waals surface area contributed by atoms with Crippen LogP contribution in [-0.2, 0) is 6.42 Å². The summed E-state index contributed by atoms with van der Waals surface area (Å²) in [6, 6.07) is 10.4. The van der Waals surface area contributed by atoms with Crippen molar-refractivity contribution in [3.05, 3.63) is 52.0 Å². The average molecular weight is 369 g/mol. The van der Waals surface area contributed by atoms with Crippen LogP contribution in [0.25, 0.3) is 21.7 Å². The second-order valence-electron chi connectivity index (χ2n) is 7.82. The topological polar surface area (TPSA) is 13.1 Å². The molecule has 1 fully saturated rings. The van der Waals surface area contributed by atoms with Crippen LogP contribution in [0, 0.1) is 16.4 Å². The number of halogens is 1. The standard InChI is InChI=1S/C23H25FOS/c1-3-4-16-9-12-19-18-11-10-17(15-7-5-14(2)6-8-15)13-20(18)23(26)25-22(19)21(16)24/h9-15H,3-8H2,1-2H3. The van der Waals surface area contributed by atoms with E-state index >= 15 is 0 Å². The molecule has 136 valence electrons. The zero-order valence-corrected chi connectivity index (χ0v) is 16.3. The van der Waals surface area contributed by atoms with Crippen LogP contribution >= 0.6 is 12.2 Å². The fraction of sp³-hybridized carbons (Fsp3) is 0.435. The highest BCUT2D eigenvalue weighted by Gasteiger charge is 2.21. The third-order valence-corrected chi connectivity index (χ3v) is 6.24. The van der Waals surface area contributed by atoms with Gasteiger partial charge >= 0.3 is 0 Å². The van der Waals surface area contributed by atoms with Gasteiger partial charge in [0.05, 0.1) is 0 Å². The van der Waals surface area contributed by atoms with Gasteiger partial charge in [-0.1, -0.05) is 57.4 Å². The summed E-state index contributed by atoms with van der Waals surface area (Å²) in [5.74, 6) is 1.17. The Morgan fingerprint density at radius 3 is 2.50 bits per heavy atom. The van der Waals surface area contributed by atoms with Crippen LogP contribution in [0.4, 0.5) is 4.39 Å². The summed E-state index contributed by atoms with van der Waals surface area (Å²) in [5, 5.41) is 2.74. The van der Waals surface area contributed by atoms with Gasteiger partial charge in [0.25, 0.3) is 0 Å². The summed E-state index contributed by atoms with van der Waals surface area (Å²) in [4.78, 5) is 0. The minimum Gasteiger partial charge on any atom is -0.441 e. The molecular weight excluding hydrogens is 343 g/mol. The van der Waals surface area contributed by atoms with E-state index in [-0.39, 0.29) is 5.82 Å². The molecule has 3 aromatic rings. The summed E-state index contributed by atoms with van der Waals surface area (Å²) < 4.78 is 21.0. The Morgan fingerprint density at radius 1 is 1.04 bits per heavy atom. The number of rotatable bonds is 3. The van der Waals surface area contributed by atoms with Gasteiger partial charge in [0.1, 0.15) is 0 Å². The fourth-order valence-corrected chi connectivity index (χ4v) is 4.58. The maximum Gasteiger partial charge on any atom is 0.198 e. The summed E-state index contributed by atoms with van der Waals surface area (Å²) in [7, 11) is 0. The van der Waals surface area contributed by atoms with Gasteiger partial charge in [-0.05, 0) is 65.9 Å². The van der Waals surface area contributed by atoms with Crippen molar-refractivity contribution in [3.8, 4) is 0 Å². The van der Waals surface area contributed by atoms with Crippen LogP contribution in [0.1, 0.15) is 63.0 Å². The molecule has 1 heterocycles. The molecule has 0 aliphatic heterocycles. The molecule has 0 N–H and O–H groups in total. The van der Waals surface area contributed by atoms with Crippen LogP contribution in [0.3, 0.4) is 0 Å². The van der Waals surface area contributed by atoms with Crippen molar-refractivity contribution < 1.29 is 8.81 Å². The maximum atomic E-state index is 14.8. The average Bonchev–Trinajstić information content (AvgIpc) is 2.65. The smallest absolute Gasteiger partial charge is 0.198 e. The molecule has 0 radical (unpaired) electrons. The number of aryl methyl sites for hydroxylation is 1. The van der Waals surface area contributed by atoms with Gasteiger partial charge in [0.15, 0.2) is 16.1 Å². The monoisotopic (exact) mass is 368 g/mol. The van der Waals surface area contributed by atoms with E-state index in [1.807, 2.05) is 19.1 Å². The molecule has 3 heteroatoms. The Hall–Kier alpha value is -1.74. The first-order chi connectivity index (χ1) is 12.6. The first-order valence-corrected chi connectivity index (χ1v) is 10.2. The molecule has 4 rings (SSSR count). The first kappa shape index (κ1) is 17.7. The van der Waals surface area contributed by atoms with Gasteiger partial charge in [-0.15, -0.1) is 0 Å². The summed E-state index contributed by atoms with van der Waals surface area (Å²) in [6.45, 7) is 4.39. The van der Waals surface area contributed by atoms with Gasteiger partial charge in [0, 0.05) is 10.8 Å². The first-order valence-electron chi connectivity index (χ1n) is 9.76. The van der Waals surface area contributed by atoms with E-state index in [0.717, 1.165) is 28.5 Å². The number of fused-ring (bicyclic) bond motifs is 3. The Balaban J connectivity index is 1.84. The van der Waals surface area contributed by atoms with Crippen molar-refractivity contribution >= 4 is 34.0 Å². The second kappa shape index (κ2) is 7.11. The number of hydrogen-bond acceptors (Lipinski definition) is 2. The maximum absolute atomic E-state index is 14.8. The van der Waals surface area contributed by atoms with E-state index in [0.29, 0.717) is 28.2 Å². The SMILES string of the molecule is CCCc1ccc2c(oc(=S)c3cc(C4CCC(C)CC4)ccc32)c1F. The van der Waals surface area contributed by atoms with Crippen LogP contribution in [0.15, 0.2) is 34.7 Å². The third kappa shape index (κ3) is 3.07. The van der Waals surface area contributed by atoms with Gasteiger partial charge in [-0.3, -0.25) is 0 Å². The third-order valence-electron chi connectivity index (χ3n) is 5.93. The molecule has 1 nitrogen and oxygen atoms in total. The van der Waals surface area contributed by atoms with Crippen molar-refractivity contribution in [2.24, 2.45) is 5.92 Å². The van der Waals surface area contributed by atoms with E-state index in [2.05, 4.69) is 25.1 Å². The molecule has 1 aromatic heterocycles. The zero-order valence-electron chi connectivity index (χ0n) is 15.5. The van der Waals surface area contributed by atoms with Gasteiger partial charge < -0.3 is 4.42 Å². The Kier molecular flexibility index (Phi) is 4.83. The van der Waals surface area contributed by atoms with Crippen LogP contribution in [-0.4, -0.2) is 0 Å². The van der Waals surface area contributed by atoms with Crippen molar-refractivity contribution in [3.63, 3.8) is 0 Å². The molecule has 26 heavy (non-hydrogen) atoms. The van der Waals surface area contributed by atoms with E-state index in [4.69, 9.17) is 16.6 Å². The van der Waals surface area contributed by atoms with E-state index in [1.165, 1.54) is 31.2 Å². The quantitative estimate of drug-likeness (QED) is 0.347. The lowest BCUT2D eigenvalue weighted by Crippen LogP contribution is -2.10. The Labute approximate surface area is 159 Å². The minimum atomic E-state index is -0.261. The van der Waals surface area contributed by atoms with E-state index in [1.54, 1.807) is 0 Å². The van der Waals surface area contributed by atoms with Crippen molar-refractivity contribution in [2.75, 3.05) is 0 Å². The van der Waals surface area contributed by atoms with Gasteiger partial charge in [0.2, 0.25) is 0 Å². The molecule has 0 amide bonds. The lowest BCUT2D eigenvalue weighted by atomic mass is 9.79. The molecule has 2 aromatic carbocycles. The van der Waals surface area contributed by atoms with Gasteiger partial charge in [-0.25, -0.2) is 4.39 Å². The fourth-order valence-electron chi connectivity index (χ4n) is 4.33. The molecule has 0 atom stereocenters. The molecule has 0 unspecified atom stereocenters.